The number of carboxylic acid groups (broad SMARTS) is 1. The Morgan fingerprint density at radius 1 is 1.03 bits per heavy atom. The Bertz CT molecular complexity index is 1210. The lowest BCUT2D eigenvalue weighted by atomic mass is 10.2. The summed E-state index contributed by atoms with van der Waals surface area (Å²) in [7, 11) is 6.08. The molecule has 0 aliphatic carbocycles. The maximum Gasteiger partial charge on any atom is 0.342 e. The van der Waals surface area contributed by atoms with Gasteiger partial charge in [0.1, 0.15) is 16.4 Å². The Labute approximate surface area is 206 Å². The number of thioether (sulfide) groups is 1. The van der Waals surface area contributed by atoms with Gasteiger partial charge < -0.3 is 28.6 Å². The number of rotatable bonds is 10. The molecule has 0 saturated carbocycles. The number of carbonyl (C=O) groups is 1. The summed E-state index contributed by atoms with van der Waals surface area (Å²) in [6.07, 6.45) is 1.49. The van der Waals surface area contributed by atoms with Gasteiger partial charge in [-0.1, -0.05) is 11.6 Å². The van der Waals surface area contributed by atoms with E-state index in [2.05, 4.69) is 10.2 Å². The molecule has 11 heteroatoms. The zero-order chi connectivity index (χ0) is 24.8. The molecular weight excluding hydrogens is 482 g/mol. The molecule has 1 aromatic heterocycles. The molecule has 3 rings (SSSR count). The van der Waals surface area contributed by atoms with E-state index >= 15 is 0 Å². The third kappa shape index (κ3) is 5.40. The Kier molecular flexibility index (Phi) is 8.30. The van der Waals surface area contributed by atoms with Crippen LogP contribution in [0.5, 0.6) is 23.0 Å². The van der Waals surface area contributed by atoms with Gasteiger partial charge >= 0.3 is 5.97 Å². The topological polar surface area (TPSA) is 105 Å². The van der Waals surface area contributed by atoms with Crippen molar-refractivity contribution >= 4 is 35.4 Å². The molecular formula is C23H24ClN3O6S. The number of aromatic nitrogens is 3. The van der Waals surface area contributed by atoms with E-state index in [1.165, 1.54) is 20.3 Å². The Morgan fingerprint density at radius 3 is 2.24 bits per heavy atom. The zero-order valence-electron chi connectivity index (χ0n) is 19.3. The van der Waals surface area contributed by atoms with Gasteiger partial charge in [-0.3, -0.25) is 0 Å². The third-order valence-electron chi connectivity index (χ3n) is 4.81. The number of methoxy groups -OCH3 is 4. The van der Waals surface area contributed by atoms with E-state index in [4.69, 9.17) is 30.5 Å². The fraction of sp³-hybridized carbons (Fsp3) is 0.261. The predicted octanol–water partition coefficient (Wildman–Crippen LogP) is 4.87. The van der Waals surface area contributed by atoms with Gasteiger partial charge in [0, 0.05) is 18.2 Å². The largest absolute Gasteiger partial charge is 0.497 e. The average molecular weight is 506 g/mol. The van der Waals surface area contributed by atoms with E-state index in [1.54, 1.807) is 32.4 Å². The highest BCUT2D eigenvalue weighted by Crippen LogP contribution is 2.38. The van der Waals surface area contributed by atoms with Crippen molar-refractivity contribution in [1.29, 1.82) is 0 Å². The Balaban J connectivity index is 2.02. The minimum atomic E-state index is -1.12. The molecule has 0 aliphatic heterocycles. The summed E-state index contributed by atoms with van der Waals surface area (Å²) >= 11 is 7.25. The lowest BCUT2D eigenvalue weighted by Crippen LogP contribution is -2.03. The van der Waals surface area contributed by atoms with Gasteiger partial charge in [0.25, 0.3) is 0 Å². The van der Waals surface area contributed by atoms with Gasteiger partial charge in [-0.25, -0.2) is 4.79 Å². The van der Waals surface area contributed by atoms with Crippen molar-refractivity contribution in [3.05, 3.63) is 45.8 Å². The van der Waals surface area contributed by atoms with E-state index in [9.17, 15) is 9.90 Å². The Morgan fingerprint density at radius 2 is 1.71 bits per heavy atom. The molecule has 0 radical (unpaired) electrons. The molecule has 2 aromatic carbocycles. The molecule has 3 aromatic rings. The van der Waals surface area contributed by atoms with E-state index < -0.39 is 5.97 Å². The quantitative estimate of drug-likeness (QED) is 0.305. The summed E-state index contributed by atoms with van der Waals surface area (Å²) in [5.74, 6) is 1.40. The predicted molar refractivity (Wildman–Crippen MR) is 130 cm³/mol. The highest BCUT2D eigenvalue weighted by Gasteiger charge is 2.20. The summed E-state index contributed by atoms with van der Waals surface area (Å²) in [6, 6.07) is 8.63. The molecule has 1 N–H and O–H groups in total. The number of carboxylic acids is 1. The van der Waals surface area contributed by atoms with Crippen molar-refractivity contribution in [3.63, 3.8) is 0 Å². The fourth-order valence-electron chi connectivity index (χ4n) is 3.21. The summed E-state index contributed by atoms with van der Waals surface area (Å²) < 4.78 is 23.1. The molecule has 0 spiro atoms. The minimum Gasteiger partial charge on any atom is -0.497 e. The second kappa shape index (κ2) is 11.2. The summed E-state index contributed by atoms with van der Waals surface area (Å²) in [5.41, 5.74) is 1.26. The third-order valence-corrected chi connectivity index (χ3v) is 6.09. The molecule has 34 heavy (non-hydrogen) atoms. The molecule has 0 aliphatic rings. The van der Waals surface area contributed by atoms with Crippen molar-refractivity contribution < 1.29 is 28.8 Å². The monoisotopic (exact) mass is 505 g/mol. The first-order valence-corrected chi connectivity index (χ1v) is 11.3. The van der Waals surface area contributed by atoms with E-state index in [-0.39, 0.29) is 4.91 Å². The number of ether oxygens (including phenoxy) is 4. The van der Waals surface area contributed by atoms with Crippen LogP contribution in [0.3, 0.4) is 0 Å². The number of halogens is 1. The molecule has 9 nitrogen and oxygen atoms in total. The van der Waals surface area contributed by atoms with Crippen LogP contribution >= 0.6 is 23.4 Å². The van der Waals surface area contributed by atoms with Crippen LogP contribution in [0.2, 0.25) is 5.02 Å². The van der Waals surface area contributed by atoms with Crippen LogP contribution in [-0.2, 0) is 11.3 Å². The van der Waals surface area contributed by atoms with Crippen LogP contribution in [0.4, 0.5) is 0 Å². The maximum atomic E-state index is 12.0. The molecule has 0 unspecified atom stereocenters. The summed E-state index contributed by atoms with van der Waals surface area (Å²) in [5, 5.41) is 19.1. The van der Waals surface area contributed by atoms with Gasteiger partial charge in [0.05, 0.1) is 33.5 Å². The molecule has 0 fully saturated rings. The van der Waals surface area contributed by atoms with Crippen LogP contribution in [0, 0.1) is 0 Å². The van der Waals surface area contributed by atoms with Gasteiger partial charge in [0.2, 0.25) is 0 Å². The first-order valence-electron chi connectivity index (χ1n) is 10.1. The van der Waals surface area contributed by atoms with Crippen molar-refractivity contribution in [1.82, 2.24) is 14.8 Å². The van der Waals surface area contributed by atoms with Crippen LogP contribution in [0.1, 0.15) is 12.5 Å². The van der Waals surface area contributed by atoms with Gasteiger partial charge in [-0.05, 0) is 54.6 Å². The van der Waals surface area contributed by atoms with Crippen molar-refractivity contribution in [2.75, 3.05) is 28.4 Å². The number of hydrogen-bond donors (Lipinski definition) is 1. The van der Waals surface area contributed by atoms with Crippen LogP contribution in [0.15, 0.2) is 40.4 Å². The van der Waals surface area contributed by atoms with E-state index in [1.807, 2.05) is 23.6 Å². The molecule has 1 heterocycles. The minimum absolute atomic E-state index is 0.0279. The summed E-state index contributed by atoms with van der Waals surface area (Å²) in [6.45, 7) is 2.44. The SMILES string of the molecule is CCn1c(S/C(=C\c2cc(Cl)c(OC)c(OC)c2)C(=O)O)nnc1-c1cc(OC)cc(OC)c1. The molecule has 0 atom stereocenters. The molecule has 0 saturated heterocycles. The number of aliphatic carboxylic acids is 1. The first kappa shape index (κ1) is 25.3. The second-order valence-electron chi connectivity index (χ2n) is 6.81. The smallest absolute Gasteiger partial charge is 0.342 e. The standard InChI is InChI=1S/C23H24ClN3O6S/c1-6-27-21(14-10-15(30-2)12-16(11-14)31-3)25-26-23(27)34-19(22(28)29)9-13-7-17(24)20(33-5)18(8-13)32-4/h7-12H,6H2,1-5H3,(H,28,29)/b19-9-. The number of benzene rings is 2. The van der Waals surface area contributed by atoms with Crippen LogP contribution in [-0.4, -0.2) is 54.3 Å². The van der Waals surface area contributed by atoms with E-state index in [0.717, 1.165) is 17.3 Å². The van der Waals surface area contributed by atoms with Crippen molar-refractivity contribution in [3.8, 4) is 34.4 Å². The molecule has 180 valence electrons. The number of nitrogens with zero attached hydrogens (tertiary/aromatic N) is 3. The van der Waals surface area contributed by atoms with Crippen molar-refractivity contribution in [2.45, 2.75) is 18.6 Å². The zero-order valence-corrected chi connectivity index (χ0v) is 20.9. The molecule has 0 bridgehead atoms. The van der Waals surface area contributed by atoms with Gasteiger partial charge in [0.15, 0.2) is 22.5 Å². The Hall–Kier alpha value is -3.37. The van der Waals surface area contributed by atoms with Crippen LogP contribution in [0.25, 0.3) is 17.5 Å². The van der Waals surface area contributed by atoms with Crippen molar-refractivity contribution in [2.24, 2.45) is 0 Å². The lowest BCUT2D eigenvalue weighted by Gasteiger charge is -2.11. The van der Waals surface area contributed by atoms with E-state index in [0.29, 0.717) is 51.1 Å². The highest BCUT2D eigenvalue weighted by atomic mass is 35.5. The molecule has 0 amide bonds. The first-order chi connectivity index (χ1) is 16.3. The van der Waals surface area contributed by atoms with Gasteiger partial charge in [-0.15, -0.1) is 10.2 Å². The van der Waals surface area contributed by atoms with Crippen LogP contribution < -0.4 is 18.9 Å². The second-order valence-corrected chi connectivity index (χ2v) is 8.22. The lowest BCUT2D eigenvalue weighted by molar-refractivity contribution is -0.131. The van der Waals surface area contributed by atoms with Gasteiger partial charge in [-0.2, -0.15) is 0 Å². The highest BCUT2D eigenvalue weighted by molar-refractivity contribution is 8.04. The normalized spacial score (nSPS) is 11.3. The number of hydrogen-bond acceptors (Lipinski definition) is 8. The average Bonchev–Trinajstić information content (AvgIpc) is 3.25. The summed E-state index contributed by atoms with van der Waals surface area (Å²) in [4.78, 5) is 12.1. The fourth-order valence-corrected chi connectivity index (χ4v) is 4.39. The maximum absolute atomic E-state index is 12.0.